The summed E-state index contributed by atoms with van der Waals surface area (Å²) in [6.45, 7) is 0.531. The Labute approximate surface area is 117 Å². The van der Waals surface area contributed by atoms with Gasteiger partial charge in [-0.15, -0.1) is 0 Å². The second-order valence-electron chi connectivity index (χ2n) is 3.37. The standard InChI is InChI=1S/C11H13BrN2O3S/c1-18-5-4-13-11(17)14-9-6-7(12)2-3-8(9)10(15)16/h2-3,6H,4-5H2,1H3,(H,15,16)(H2,13,14,17). The number of nitrogens with one attached hydrogen (secondary N) is 2. The van der Waals surface area contributed by atoms with E-state index in [2.05, 4.69) is 26.6 Å². The van der Waals surface area contributed by atoms with Gasteiger partial charge in [0, 0.05) is 16.8 Å². The van der Waals surface area contributed by atoms with Crippen LogP contribution in [-0.4, -0.2) is 35.7 Å². The van der Waals surface area contributed by atoms with Crippen LogP contribution < -0.4 is 10.6 Å². The first-order valence-corrected chi connectivity index (χ1v) is 7.30. The van der Waals surface area contributed by atoms with Crippen molar-refractivity contribution in [3.63, 3.8) is 0 Å². The maximum absolute atomic E-state index is 11.5. The first kappa shape index (κ1) is 14.8. The molecule has 1 aromatic carbocycles. The number of rotatable bonds is 5. The highest BCUT2D eigenvalue weighted by Crippen LogP contribution is 2.21. The van der Waals surface area contributed by atoms with Gasteiger partial charge in [0.25, 0.3) is 0 Å². The molecular formula is C11H13BrN2O3S. The highest BCUT2D eigenvalue weighted by atomic mass is 79.9. The number of hydrogen-bond donors (Lipinski definition) is 3. The predicted molar refractivity (Wildman–Crippen MR) is 76.5 cm³/mol. The van der Waals surface area contributed by atoms with Gasteiger partial charge in [-0.1, -0.05) is 15.9 Å². The molecule has 3 N–H and O–H groups in total. The third-order valence-corrected chi connectivity index (χ3v) is 3.16. The Kier molecular flexibility index (Phi) is 6.00. The zero-order valence-electron chi connectivity index (χ0n) is 9.70. The molecule has 18 heavy (non-hydrogen) atoms. The molecule has 1 aromatic rings. The van der Waals surface area contributed by atoms with E-state index in [0.717, 1.165) is 5.75 Å². The molecule has 0 spiro atoms. The van der Waals surface area contributed by atoms with Gasteiger partial charge in [0.2, 0.25) is 0 Å². The molecule has 0 saturated carbocycles. The summed E-state index contributed by atoms with van der Waals surface area (Å²) in [5.74, 6) is -0.278. The number of thioether (sulfide) groups is 1. The number of anilines is 1. The van der Waals surface area contributed by atoms with Crippen LogP contribution in [0.5, 0.6) is 0 Å². The predicted octanol–water partition coefficient (Wildman–Crippen LogP) is 2.63. The van der Waals surface area contributed by atoms with Gasteiger partial charge in [0.1, 0.15) is 0 Å². The van der Waals surface area contributed by atoms with E-state index in [9.17, 15) is 9.59 Å². The Morgan fingerprint density at radius 3 is 2.78 bits per heavy atom. The molecule has 0 unspecified atom stereocenters. The zero-order chi connectivity index (χ0) is 13.5. The van der Waals surface area contributed by atoms with Crippen molar-refractivity contribution in [2.45, 2.75) is 0 Å². The number of hydrogen-bond acceptors (Lipinski definition) is 3. The highest BCUT2D eigenvalue weighted by molar-refractivity contribution is 9.10. The average molecular weight is 333 g/mol. The van der Waals surface area contributed by atoms with Gasteiger partial charge in [-0.25, -0.2) is 9.59 Å². The molecule has 0 saturated heterocycles. The van der Waals surface area contributed by atoms with Crippen molar-refractivity contribution >= 4 is 45.4 Å². The molecule has 0 heterocycles. The fourth-order valence-electron chi connectivity index (χ4n) is 1.24. The smallest absolute Gasteiger partial charge is 0.337 e. The van der Waals surface area contributed by atoms with Crippen molar-refractivity contribution in [1.29, 1.82) is 0 Å². The van der Waals surface area contributed by atoms with E-state index >= 15 is 0 Å². The van der Waals surface area contributed by atoms with Crippen molar-refractivity contribution < 1.29 is 14.7 Å². The molecule has 0 aliphatic heterocycles. The molecule has 98 valence electrons. The van der Waals surface area contributed by atoms with Crippen molar-refractivity contribution in [3.05, 3.63) is 28.2 Å². The van der Waals surface area contributed by atoms with Crippen LogP contribution in [0.2, 0.25) is 0 Å². The van der Waals surface area contributed by atoms with Crippen LogP contribution in [0.4, 0.5) is 10.5 Å². The van der Waals surface area contributed by atoms with Crippen LogP contribution >= 0.6 is 27.7 Å². The van der Waals surface area contributed by atoms with Crippen molar-refractivity contribution in [2.24, 2.45) is 0 Å². The van der Waals surface area contributed by atoms with Gasteiger partial charge >= 0.3 is 12.0 Å². The fourth-order valence-corrected chi connectivity index (χ4v) is 1.91. The molecule has 1 rings (SSSR count). The number of urea groups is 1. The first-order chi connectivity index (χ1) is 8.54. The summed E-state index contributed by atoms with van der Waals surface area (Å²) in [4.78, 5) is 22.5. The molecule has 0 aliphatic rings. The van der Waals surface area contributed by atoms with E-state index in [0.29, 0.717) is 11.0 Å². The Morgan fingerprint density at radius 1 is 1.44 bits per heavy atom. The monoisotopic (exact) mass is 332 g/mol. The van der Waals surface area contributed by atoms with E-state index in [1.807, 2.05) is 6.26 Å². The summed E-state index contributed by atoms with van der Waals surface area (Å²) in [7, 11) is 0. The number of carboxylic acid groups (broad SMARTS) is 1. The van der Waals surface area contributed by atoms with Gasteiger partial charge in [-0.05, 0) is 24.5 Å². The average Bonchev–Trinajstić information content (AvgIpc) is 2.29. The molecule has 2 amide bonds. The Bertz CT molecular complexity index is 454. The maximum Gasteiger partial charge on any atom is 0.337 e. The lowest BCUT2D eigenvalue weighted by atomic mass is 10.2. The van der Waals surface area contributed by atoms with E-state index < -0.39 is 12.0 Å². The highest BCUT2D eigenvalue weighted by Gasteiger charge is 2.12. The minimum atomic E-state index is -1.08. The topological polar surface area (TPSA) is 78.4 Å². The largest absolute Gasteiger partial charge is 0.478 e. The second-order valence-corrected chi connectivity index (χ2v) is 5.27. The number of carboxylic acids is 1. The van der Waals surface area contributed by atoms with Crippen LogP contribution in [0, 0.1) is 0 Å². The number of carbonyl (C=O) groups is 2. The molecule has 0 radical (unpaired) electrons. The third-order valence-electron chi connectivity index (χ3n) is 2.05. The Balaban J connectivity index is 2.73. The molecule has 7 heteroatoms. The molecule has 0 bridgehead atoms. The third kappa shape index (κ3) is 4.58. The van der Waals surface area contributed by atoms with Crippen LogP contribution in [-0.2, 0) is 0 Å². The minimum absolute atomic E-state index is 0.0539. The molecule has 0 aromatic heterocycles. The van der Waals surface area contributed by atoms with Gasteiger partial charge in [-0.2, -0.15) is 11.8 Å². The SMILES string of the molecule is CSCCNC(=O)Nc1cc(Br)ccc1C(=O)O. The Morgan fingerprint density at radius 2 is 2.17 bits per heavy atom. The van der Waals surface area contributed by atoms with E-state index in [1.54, 1.807) is 23.9 Å². The van der Waals surface area contributed by atoms with Crippen molar-refractivity contribution in [1.82, 2.24) is 5.32 Å². The summed E-state index contributed by atoms with van der Waals surface area (Å²) < 4.78 is 0.701. The lowest BCUT2D eigenvalue weighted by Crippen LogP contribution is -2.31. The Hall–Kier alpha value is -1.21. The van der Waals surface area contributed by atoms with Crippen LogP contribution in [0.3, 0.4) is 0 Å². The zero-order valence-corrected chi connectivity index (χ0v) is 12.1. The quantitative estimate of drug-likeness (QED) is 0.724. The number of carbonyl (C=O) groups excluding carboxylic acids is 1. The van der Waals surface area contributed by atoms with Gasteiger partial charge in [0.15, 0.2) is 0 Å². The lowest BCUT2D eigenvalue weighted by Gasteiger charge is -2.10. The number of amides is 2. The molecule has 0 atom stereocenters. The summed E-state index contributed by atoms with van der Waals surface area (Å²) in [5, 5.41) is 14.2. The molecule has 0 fully saturated rings. The van der Waals surface area contributed by atoms with Crippen LogP contribution in [0.1, 0.15) is 10.4 Å². The summed E-state index contributed by atoms with van der Waals surface area (Å²) in [6.07, 6.45) is 1.94. The minimum Gasteiger partial charge on any atom is -0.478 e. The molecular weight excluding hydrogens is 320 g/mol. The maximum atomic E-state index is 11.5. The van der Waals surface area contributed by atoms with Gasteiger partial charge < -0.3 is 15.7 Å². The normalized spacial score (nSPS) is 9.89. The van der Waals surface area contributed by atoms with Crippen molar-refractivity contribution in [2.75, 3.05) is 23.9 Å². The van der Waals surface area contributed by atoms with Gasteiger partial charge in [-0.3, -0.25) is 0 Å². The van der Waals surface area contributed by atoms with E-state index in [4.69, 9.17) is 5.11 Å². The summed E-state index contributed by atoms with van der Waals surface area (Å²) >= 11 is 4.85. The van der Waals surface area contributed by atoms with Crippen LogP contribution in [0.25, 0.3) is 0 Å². The molecule has 0 aliphatic carbocycles. The number of aromatic carboxylic acids is 1. The summed E-state index contributed by atoms with van der Waals surface area (Å²) in [5.41, 5.74) is 0.316. The molecule has 5 nitrogen and oxygen atoms in total. The van der Waals surface area contributed by atoms with E-state index in [-0.39, 0.29) is 11.3 Å². The van der Waals surface area contributed by atoms with E-state index in [1.165, 1.54) is 6.07 Å². The lowest BCUT2D eigenvalue weighted by molar-refractivity contribution is 0.0698. The van der Waals surface area contributed by atoms with Crippen LogP contribution in [0.15, 0.2) is 22.7 Å². The fraction of sp³-hybridized carbons (Fsp3) is 0.273. The summed E-state index contributed by atoms with van der Waals surface area (Å²) in [6, 6.07) is 4.19. The van der Waals surface area contributed by atoms with Gasteiger partial charge in [0.05, 0.1) is 11.3 Å². The number of halogens is 1. The second kappa shape index (κ2) is 7.27. The van der Waals surface area contributed by atoms with Crippen molar-refractivity contribution in [3.8, 4) is 0 Å². The first-order valence-electron chi connectivity index (χ1n) is 5.11. The number of benzene rings is 1.